The number of carbonyl (C=O) groups is 1. The first-order chi connectivity index (χ1) is 8.66. The van der Waals surface area contributed by atoms with E-state index < -0.39 is 0 Å². The summed E-state index contributed by atoms with van der Waals surface area (Å²) in [4.78, 5) is 13.8. The molecule has 3 heteroatoms. The first-order valence-electron chi connectivity index (χ1n) is 6.30. The van der Waals surface area contributed by atoms with Crippen molar-refractivity contribution >= 4 is 6.09 Å². The number of hydrogen-bond acceptors (Lipinski definition) is 2. The molecule has 96 valence electrons. The van der Waals surface area contributed by atoms with Gasteiger partial charge in [0.2, 0.25) is 0 Å². The number of amides is 1. The predicted molar refractivity (Wildman–Crippen MR) is 71.2 cm³/mol. The molecule has 1 aliphatic heterocycles. The van der Waals surface area contributed by atoms with Gasteiger partial charge in [0.15, 0.2) is 0 Å². The zero-order chi connectivity index (χ0) is 13.0. The predicted octanol–water partition coefficient (Wildman–Crippen LogP) is 3.36. The Morgan fingerprint density at radius 2 is 2.11 bits per heavy atom. The van der Waals surface area contributed by atoms with E-state index in [1.807, 2.05) is 44.2 Å². The van der Waals surface area contributed by atoms with Crippen molar-refractivity contribution in [2.75, 3.05) is 6.54 Å². The minimum Gasteiger partial charge on any atom is -0.445 e. The van der Waals surface area contributed by atoms with Crippen LogP contribution in [-0.4, -0.2) is 23.6 Å². The first kappa shape index (κ1) is 12.7. The minimum absolute atomic E-state index is 0.219. The summed E-state index contributed by atoms with van der Waals surface area (Å²) in [5.41, 5.74) is 2.24. The lowest BCUT2D eigenvalue weighted by molar-refractivity contribution is 0.0850. The fraction of sp³-hybridized carbons (Fsp3) is 0.400. The number of hydrogen-bond donors (Lipinski definition) is 0. The van der Waals surface area contributed by atoms with Crippen LogP contribution in [0, 0.1) is 0 Å². The zero-order valence-electron chi connectivity index (χ0n) is 10.9. The van der Waals surface area contributed by atoms with Crippen molar-refractivity contribution < 1.29 is 9.53 Å². The summed E-state index contributed by atoms with van der Waals surface area (Å²) in [6.07, 6.45) is 2.87. The Hall–Kier alpha value is -1.77. The number of rotatable bonds is 2. The third-order valence-electron chi connectivity index (χ3n) is 3.20. The lowest BCUT2D eigenvalue weighted by atomic mass is 10.1. The molecule has 0 radical (unpaired) electrons. The van der Waals surface area contributed by atoms with Crippen LogP contribution in [0.25, 0.3) is 0 Å². The van der Waals surface area contributed by atoms with Gasteiger partial charge in [-0.1, -0.05) is 42.0 Å². The largest absolute Gasteiger partial charge is 0.445 e. The molecule has 1 unspecified atom stereocenters. The van der Waals surface area contributed by atoms with Crippen molar-refractivity contribution in [3.63, 3.8) is 0 Å². The molecule has 2 rings (SSSR count). The van der Waals surface area contributed by atoms with Crippen LogP contribution < -0.4 is 0 Å². The van der Waals surface area contributed by atoms with E-state index in [9.17, 15) is 4.79 Å². The fourth-order valence-corrected chi connectivity index (χ4v) is 2.03. The van der Waals surface area contributed by atoms with Crippen molar-refractivity contribution in [2.45, 2.75) is 32.9 Å². The molecule has 18 heavy (non-hydrogen) atoms. The molecule has 1 aromatic rings. The molecule has 0 saturated heterocycles. The molecule has 1 amide bonds. The molecular formula is C15H19NO2. The zero-order valence-corrected chi connectivity index (χ0v) is 10.9. The van der Waals surface area contributed by atoms with Gasteiger partial charge in [-0.15, -0.1) is 0 Å². The van der Waals surface area contributed by atoms with Crippen LogP contribution in [0.1, 0.15) is 25.8 Å². The van der Waals surface area contributed by atoms with Crippen molar-refractivity contribution in [3.8, 4) is 0 Å². The third kappa shape index (κ3) is 3.13. The lowest BCUT2D eigenvalue weighted by Crippen LogP contribution is -2.41. The van der Waals surface area contributed by atoms with Crippen LogP contribution in [0.3, 0.4) is 0 Å². The quantitative estimate of drug-likeness (QED) is 0.748. The van der Waals surface area contributed by atoms with Crippen LogP contribution in [0.15, 0.2) is 42.0 Å². The Kier molecular flexibility index (Phi) is 4.03. The Morgan fingerprint density at radius 3 is 2.83 bits per heavy atom. The van der Waals surface area contributed by atoms with E-state index in [1.165, 1.54) is 5.57 Å². The maximum atomic E-state index is 12.0. The van der Waals surface area contributed by atoms with Crippen LogP contribution in [0.2, 0.25) is 0 Å². The second kappa shape index (κ2) is 5.71. The third-order valence-corrected chi connectivity index (χ3v) is 3.20. The first-order valence-corrected chi connectivity index (χ1v) is 6.30. The standard InChI is InChI=1S/C15H19NO2/c1-12-8-9-13(2)16(10-12)15(17)18-11-14-6-4-3-5-7-14/h3-8,13H,9-11H2,1-2H3. The van der Waals surface area contributed by atoms with Gasteiger partial charge in [-0.3, -0.25) is 0 Å². The number of carbonyl (C=O) groups excluding carboxylic acids is 1. The van der Waals surface area contributed by atoms with Gasteiger partial charge in [-0.05, 0) is 25.8 Å². The number of nitrogens with zero attached hydrogens (tertiary/aromatic N) is 1. The maximum absolute atomic E-state index is 12.0. The second-order valence-electron chi connectivity index (χ2n) is 4.80. The normalized spacial score (nSPS) is 19.3. The van der Waals surface area contributed by atoms with Gasteiger partial charge in [0.25, 0.3) is 0 Å². The van der Waals surface area contributed by atoms with Crippen LogP contribution in [-0.2, 0) is 11.3 Å². The summed E-state index contributed by atoms with van der Waals surface area (Å²) in [6, 6.07) is 9.97. The number of benzene rings is 1. The van der Waals surface area contributed by atoms with Gasteiger partial charge in [-0.2, -0.15) is 0 Å². The molecule has 0 fully saturated rings. The Labute approximate surface area is 108 Å². The Morgan fingerprint density at radius 1 is 1.39 bits per heavy atom. The molecule has 1 atom stereocenters. The van der Waals surface area contributed by atoms with E-state index >= 15 is 0 Å². The fourth-order valence-electron chi connectivity index (χ4n) is 2.03. The van der Waals surface area contributed by atoms with E-state index in [4.69, 9.17) is 4.74 Å². The molecule has 1 aromatic carbocycles. The minimum atomic E-state index is -0.223. The molecule has 1 aliphatic rings. The average Bonchev–Trinajstić information content (AvgIpc) is 2.40. The summed E-state index contributed by atoms with van der Waals surface area (Å²) in [5.74, 6) is 0. The van der Waals surface area contributed by atoms with E-state index in [1.54, 1.807) is 4.90 Å². The van der Waals surface area contributed by atoms with Crippen molar-refractivity contribution in [2.24, 2.45) is 0 Å². The highest BCUT2D eigenvalue weighted by molar-refractivity contribution is 5.68. The highest BCUT2D eigenvalue weighted by Crippen LogP contribution is 2.17. The summed E-state index contributed by atoms with van der Waals surface area (Å²) in [6.45, 7) is 5.11. The topological polar surface area (TPSA) is 29.5 Å². The van der Waals surface area contributed by atoms with Crippen LogP contribution in [0.4, 0.5) is 4.79 Å². The van der Waals surface area contributed by atoms with Crippen LogP contribution in [0.5, 0.6) is 0 Å². The monoisotopic (exact) mass is 245 g/mol. The van der Waals surface area contributed by atoms with Crippen molar-refractivity contribution in [1.29, 1.82) is 0 Å². The van der Waals surface area contributed by atoms with E-state index in [0.717, 1.165) is 12.0 Å². The molecule has 0 N–H and O–H groups in total. The lowest BCUT2D eigenvalue weighted by Gasteiger charge is -2.31. The Balaban J connectivity index is 1.90. The molecule has 3 nitrogen and oxygen atoms in total. The molecule has 0 spiro atoms. The van der Waals surface area contributed by atoms with Gasteiger partial charge in [0.05, 0.1) is 0 Å². The maximum Gasteiger partial charge on any atom is 0.410 e. The SMILES string of the molecule is CC1=CCC(C)N(C(=O)OCc2ccccc2)C1. The average molecular weight is 245 g/mol. The summed E-state index contributed by atoms with van der Waals surface area (Å²) in [7, 11) is 0. The molecule has 0 bridgehead atoms. The summed E-state index contributed by atoms with van der Waals surface area (Å²) >= 11 is 0. The highest BCUT2D eigenvalue weighted by atomic mass is 16.6. The van der Waals surface area contributed by atoms with Gasteiger partial charge < -0.3 is 9.64 Å². The smallest absolute Gasteiger partial charge is 0.410 e. The van der Waals surface area contributed by atoms with Crippen LogP contribution >= 0.6 is 0 Å². The van der Waals surface area contributed by atoms with Gasteiger partial charge >= 0.3 is 6.09 Å². The highest BCUT2D eigenvalue weighted by Gasteiger charge is 2.23. The number of ether oxygens (including phenoxy) is 1. The van der Waals surface area contributed by atoms with E-state index in [0.29, 0.717) is 13.2 Å². The molecule has 0 saturated carbocycles. The molecular weight excluding hydrogens is 226 g/mol. The summed E-state index contributed by atoms with van der Waals surface area (Å²) in [5, 5.41) is 0. The summed E-state index contributed by atoms with van der Waals surface area (Å²) < 4.78 is 5.35. The molecule has 0 aromatic heterocycles. The molecule has 0 aliphatic carbocycles. The second-order valence-corrected chi connectivity index (χ2v) is 4.80. The van der Waals surface area contributed by atoms with Gasteiger partial charge in [0, 0.05) is 12.6 Å². The molecule has 1 heterocycles. The van der Waals surface area contributed by atoms with Crippen molar-refractivity contribution in [3.05, 3.63) is 47.5 Å². The van der Waals surface area contributed by atoms with E-state index in [-0.39, 0.29) is 12.1 Å². The van der Waals surface area contributed by atoms with E-state index in [2.05, 4.69) is 6.08 Å². The van der Waals surface area contributed by atoms with Crippen molar-refractivity contribution in [1.82, 2.24) is 4.90 Å². The Bertz CT molecular complexity index is 439. The van der Waals surface area contributed by atoms with Gasteiger partial charge in [-0.25, -0.2) is 4.79 Å². The van der Waals surface area contributed by atoms with Gasteiger partial charge in [0.1, 0.15) is 6.61 Å².